The first-order chi connectivity index (χ1) is 9.89. The van der Waals surface area contributed by atoms with Crippen LogP contribution < -0.4 is 0 Å². The predicted octanol–water partition coefficient (Wildman–Crippen LogP) is -0.937. The quantitative estimate of drug-likeness (QED) is 0.617. The molecule has 0 unspecified atom stereocenters. The topological polar surface area (TPSA) is 99.2 Å². The Morgan fingerprint density at radius 2 is 2.19 bits per heavy atom. The van der Waals surface area contributed by atoms with E-state index in [-0.39, 0.29) is 29.9 Å². The second-order valence-corrected chi connectivity index (χ2v) is 7.07. The van der Waals surface area contributed by atoms with E-state index < -0.39 is 28.3 Å². The third kappa shape index (κ3) is 4.10. The van der Waals surface area contributed by atoms with Gasteiger partial charge in [-0.05, 0) is 6.42 Å². The summed E-state index contributed by atoms with van der Waals surface area (Å²) >= 11 is 0. The van der Waals surface area contributed by atoms with Crippen molar-refractivity contribution in [2.45, 2.75) is 12.5 Å². The smallest absolute Gasteiger partial charge is 0.377 e. The molecular formula is C12H17NO7S. The lowest BCUT2D eigenvalue weighted by Crippen LogP contribution is -2.40. The number of carbonyl (C=O) groups is 2. The maximum atomic E-state index is 11.9. The first-order valence-corrected chi connectivity index (χ1v) is 8.29. The van der Waals surface area contributed by atoms with E-state index in [0.29, 0.717) is 13.0 Å². The van der Waals surface area contributed by atoms with E-state index in [1.165, 1.54) is 11.9 Å². The molecule has 0 saturated carbocycles. The minimum Gasteiger partial charge on any atom is -0.493 e. The Labute approximate surface area is 122 Å². The molecule has 1 atom stereocenters. The standard InChI is InChI=1S/C12H17NO7S/c1-13(9-2-5-21(16,17)8-9)11(14)7-20-12(15)10-6-18-3-4-19-10/h6,9H,2-5,7-8H2,1H3/t9-/m1/s1. The van der Waals surface area contributed by atoms with E-state index in [1.807, 2.05) is 0 Å². The second-order valence-electron chi connectivity index (χ2n) is 4.84. The second kappa shape index (κ2) is 6.33. The van der Waals surface area contributed by atoms with Gasteiger partial charge in [-0.2, -0.15) is 0 Å². The number of ether oxygens (including phenoxy) is 3. The van der Waals surface area contributed by atoms with Gasteiger partial charge < -0.3 is 19.1 Å². The van der Waals surface area contributed by atoms with Crippen LogP contribution in [0.5, 0.6) is 0 Å². The summed E-state index contributed by atoms with van der Waals surface area (Å²) in [6.45, 7) is 0.135. The summed E-state index contributed by atoms with van der Waals surface area (Å²) in [6.07, 6.45) is 1.55. The monoisotopic (exact) mass is 319 g/mol. The Morgan fingerprint density at radius 3 is 2.76 bits per heavy atom. The van der Waals surface area contributed by atoms with Crippen LogP contribution in [-0.2, 0) is 33.6 Å². The average molecular weight is 319 g/mol. The lowest BCUT2D eigenvalue weighted by molar-refractivity contribution is -0.152. The molecule has 0 aromatic heterocycles. The van der Waals surface area contributed by atoms with Crippen molar-refractivity contribution in [1.29, 1.82) is 0 Å². The third-order valence-corrected chi connectivity index (χ3v) is 5.08. The molecule has 1 amide bonds. The molecule has 0 radical (unpaired) electrons. The summed E-state index contributed by atoms with van der Waals surface area (Å²) in [7, 11) is -1.57. The molecule has 0 aliphatic carbocycles. The molecule has 2 aliphatic heterocycles. The van der Waals surface area contributed by atoms with Gasteiger partial charge in [0.05, 0.1) is 11.5 Å². The normalized spacial score (nSPS) is 23.5. The van der Waals surface area contributed by atoms with E-state index in [4.69, 9.17) is 14.2 Å². The van der Waals surface area contributed by atoms with Crippen LogP contribution in [0.4, 0.5) is 0 Å². The number of hydrogen-bond acceptors (Lipinski definition) is 7. The van der Waals surface area contributed by atoms with E-state index >= 15 is 0 Å². The van der Waals surface area contributed by atoms with Gasteiger partial charge in [0.25, 0.3) is 5.91 Å². The van der Waals surface area contributed by atoms with Crippen LogP contribution in [0, 0.1) is 0 Å². The summed E-state index contributed by atoms with van der Waals surface area (Å²) < 4.78 is 37.5. The lowest BCUT2D eigenvalue weighted by Gasteiger charge is -2.23. The molecule has 0 bridgehead atoms. The maximum Gasteiger partial charge on any atom is 0.377 e. The Hall–Kier alpha value is -1.77. The molecule has 1 saturated heterocycles. The summed E-state index contributed by atoms with van der Waals surface area (Å²) in [5.41, 5.74) is 0. The maximum absolute atomic E-state index is 11.9. The van der Waals surface area contributed by atoms with Crippen molar-refractivity contribution in [2.24, 2.45) is 0 Å². The molecule has 9 heteroatoms. The number of sulfone groups is 1. The number of rotatable bonds is 4. The van der Waals surface area contributed by atoms with Gasteiger partial charge in [-0.25, -0.2) is 13.2 Å². The van der Waals surface area contributed by atoms with Crippen molar-refractivity contribution in [3.63, 3.8) is 0 Å². The summed E-state index contributed by atoms with van der Waals surface area (Å²) in [4.78, 5) is 24.8. The highest BCUT2D eigenvalue weighted by molar-refractivity contribution is 7.91. The van der Waals surface area contributed by atoms with Gasteiger partial charge in [-0.3, -0.25) is 4.79 Å². The van der Waals surface area contributed by atoms with Crippen molar-refractivity contribution in [3.05, 3.63) is 12.0 Å². The molecular weight excluding hydrogens is 302 g/mol. The zero-order valence-electron chi connectivity index (χ0n) is 11.6. The molecule has 1 fully saturated rings. The molecule has 0 aromatic rings. The van der Waals surface area contributed by atoms with Crippen molar-refractivity contribution in [1.82, 2.24) is 4.90 Å². The van der Waals surface area contributed by atoms with Gasteiger partial charge in [0, 0.05) is 13.1 Å². The summed E-state index contributed by atoms with van der Waals surface area (Å²) in [5.74, 6) is -1.29. The van der Waals surface area contributed by atoms with Crippen LogP contribution in [0.3, 0.4) is 0 Å². The van der Waals surface area contributed by atoms with Crippen molar-refractivity contribution in [2.75, 3.05) is 38.4 Å². The van der Waals surface area contributed by atoms with Gasteiger partial charge in [0.1, 0.15) is 19.5 Å². The van der Waals surface area contributed by atoms with Crippen molar-refractivity contribution >= 4 is 21.7 Å². The molecule has 118 valence electrons. The van der Waals surface area contributed by atoms with Crippen LogP contribution >= 0.6 is 0 Å². The predicted molar refractivity (Wildman–Crippen MR) is 70.8 cm³/mol. The SMILES string of the molecule is CN(C(=O)COC(=O)C1=COCCO1)[C@@H]1CCS(=O)(=O)C1. The van der Waals surface area contributed by atoms with Gasteiger partial charge >= 0.3 is 5.97 Å². The van der Waals surface area contributed by atoms with Gasteiger partial charge in [-0.1, -0.05) is 0 Å². The van der Waals surface area contributed by atoms with E-state index in [1.54, 1.807) is 0 Å². The minimum absolute atomic E-state index is 0.0503. The molecule has 0 N–H and O–H groups in total. The highest BCUT2D eigenvalue weighted by Gasteiger charge is 2.33. The van der Waals surface area contributed by atoms with Gasteiger partial charge in [0.2, 0.25) is 5.76 Å². The van der Waals surface area contributed by atoms with Crippen LogP contribution in [0.25, 0.3) is 0 Å². The number of esters is 1. The molecule has 8 nitrogen and oxygen atoms in total. The summed E-state index contributed by atoms with van der Waals surface area (Å²) in [5, 5.41) is 0. The van der Waals surface area contributed by atoms with Gasteiger partial charge in [0.15, 0.2) is 16.4 Å². The number of hydrogen-bond donors (Lipinski definition) is 0. The molecule has 0 spiro atoms. The highest BCUT2D eigenvalue weighted by atomic mass is 32.2. The minimum atomic E-state index is -3.07. The third-order valence-electron chi connectivity index (χ3n) is 3.33. The highest BCUT2D eigenvalue weighted by Crippen LogP contribution is 2.16. The summed E-state index contributed by atoms with van der Waals surface area (Å²) in [6, 6.07) is -0.366. The van der Waals surface area contributed by atoms with Crippen LogP contribution in [-0.4, -0.2) is 69.6 Å². The Bertz CT molecular complexity index is 554. The zero-order valence-corrected chi connectivity index (χ0v) is 12.4. The van der Waals surface area contributed by atoms with Gasteiger partial charge in [-0.15, -0.1) is 0 Å². The van der Waals surface area contributed by atoms with E-state index in [9.17, 15) is 18.0 Å². The lowest BCUT2D eigenvalue weighted by atomic mass is 10.2. The molecule has 2 rings (SSSR count). The molecule has 0 aromatic carbocycles. The van der Waals surface area contributed by atoms with Crippen LogP contribution in [0.2, 0.25) is 0 Å². The zero-order chi connectivity index (χ0) is 15.5. The number of carbonyl (C=O) groups excluding carboxylic acids is 2. The van der Waals surface area contributed by atoms with E-state index in [2.05, 4.69) is 0 Å². The molecule has 2 heterocycles. The Balaban J connectivity index is 1.81. The fourth-order valence-electron chi connectivity index (χ4n) is 2.06. The largest absolute Gasteiger partial charge is 0.493 e. The number of nitrogens with zero attached hydrogens (tertiary/aromatic N) is 1. The van der Waals surface area contributed by atoms with Crippen LogP contribution in [0.1, 0.15) is 6.42 Å². The number of amides is 1. The number of likely N-dealkylation sites (N-methyl/N-ethyl adjacent to an activating group) is 1. The van der Waals surface area contributed by atoms with E-state index in [0.717, 1.165) is 6.26 Å². The Kier molecular flexibility index (Phi) is 4.71. The fraction of sp³-hybridized carbons (Fsp3) is 0.667. The first-order valence-electron chi connectivity index (χ1n) is 6.47. The van der Waals surface area contributed by atoms with Crippen molar-refractivity contribution < 1.29 is 32.2 Å². The first kappa shape index (κ1) is 15.6. The average Bonchev–Trinajstić information content (AvgIpc) is 2.84. The Morgan fingerprint density at radius 1 is 1.43 bits per heavy atom. The van der Waals surface area contributed by atoms with Crippen LogP contribution in [0.15, 0.2) is 12.0 Å². The van der Waals surface area contributed by atoms with Crippen molar-refractivity contribution in [3.8, 4) is 0 Å². The fourth-order valence-corrected chi connectivity index (χ4v) is 3.83. The molecule has 2 aliphatic rings. The molecule has 21 heavy (non-hydrogen) atoms.